The van der Waals surface area contributed by atoms with Gasteiger partial charge in [0.05, 0.1) is 19.8 Å². The van der Waals surface area contributed by atoms with Crippen LogP contribution < -0.4 is 0 Å². The van der Waals surface area contributed by atoms with Crippen molar-refractivity contribution in [1.82, 2.24) is 4.90 Å². The maximum absolute atomic E-state index is 9.68. The van der Waals surface area contributed by atoms with Crippen molar-refractivity contribution in [2.24, 2.45) is 5.41 Å². The molecule has 0 radical (unpaired) electrons. The van der Waals surface area contributed by atoms with E-state index in [4.69, 9.17) is 9.47 Å². The van der Waals surface area contributed by atoms with Crippen LogP contribution in [0.25, 0.3) is 0 Å². The molecule has 1 heterocycles. The lowest BCUT2D eigenvalue weighted by molar-refractivity contribution is -0.0585. The Hall–Kier alpha value is -0.160. The Balaban J connectivity index is 1.89. The Morgan fingerprint density at radius 2 is 2.29 bits per heavy atom. The summed E-state index contributed by atoms with van der Waals surface area (Å²) in [4.78, 5) is 2.48. The summed E-state index contributed by atoms with van der Waals surface area (Å²) in [6.07, 6.45) is 4.75. The van der Waals surface area contributed by atoms with E-state index < -0.39 is 0 Å². The molecule has 4 heteroatoms. The van der Waals surface area contributed by atoms with E-state index in [1.807, 2.05) is 0 Å². The van der Waals surface area contributed by atoms with Gasteiger partial charge in [0.15, 0.2) is 0 Å². The van der Waals surface area contributed by atoms with Crippen LogP contribution in [0.4, 0.5) is 0 Å². The van der Waals surface area contributed by atoms with Gasteiger partial charge in [-0.1, -0.05) is 0 Å². The highest BCUT2D eigenvalue weighted by Gasteiger charge is 2.38. The number of hydrogen-bond acceptors (Lipinski definition) is 4. The van der Waals surface area contributed by atoms with E-state index in [-0.39, 0.29) is 12.0 Å². The van der Waals surface area contributed by atoms with Gasteiger partial charge in [-0.25, -0.2) is 0 Å². The van der Waals surface area contributed by atoms with E-state index in [0.29, 0.717) is 6.61 Å². The maximum Gasteiger partial charge on any atom is 0.0589 e. The molecule has 4 nitrogen and oxygen atoms in total. The summed E-state index contributed by atoms with van der Waals surface area (Å²) in [5, 5.41) is 9.68. The van der Waals surface area contributed by atoms with Crippen molar-refractivity contribution in [2.45, 2.75) is 31.7 Å². The second-order valence-corrected chi connectivity index (χ2v) is 5.51. The van der Waals surface area contributed by atoms with Crippen molar-refractivity contribution in [3.8, 4) is 0 Å². The molecular weight excluding hydrogens is 218 g/mol. The second-order valence-electron chi connectivity index (χ2n) is 5.51. The van der Waals surface area contributed by atoms with E-state index in [2.05, 4.69) is 4.90 Å². The molecular formula is C13H25NO3. The molecule has 1 aliphatic heterocycles. The summed E-state index contributed by atoms with van der Waals surface area (Å²) < 4.78 is 10.7. The van der Waals surface area contributed by atoms with Gasteiger partial charge < -0.3 is 14.6 Å². The minimum atomic E-state index is -0.0332. The van der Waals surface area contributed by atoms with E-state index in [1.54, 1.807) is 7.11 Å². The fourth-order valence-electron chi connectivity index (χ4n) is 2.68. The van der Waals surface area contributed by atoms with Crippen molar-refractivity contribution >= 4 is 0 Å². The van der Waals surface area contributed by atoms with Crippen molar-refractivity contribution in [3.05, 3.63) is 0 Å². The molecule has 0 aromatic carbocycles. The molecule has 100 valence electrons. The van der Waals surface area contributed by atoms with Crippen LogP contribution in [0, 0.1) is 5.41 Å². The number of aliphatic hydroxyl groups is 1. The third kappa shape index (κ3) is 3.65. The summed E-state index contributed by atoms with van der Waals surface area (Å²) in [7, 11) is 1.75. The largest absolute Gasteiger partial charge is 0.396 e. The molecule has 2 aliphatic rings. The molecule has 2 fully saturated rings. The number of aliphatic hydroxyl groups excluding tert-OH is 1. The predicted octanol–water partition coefficient (Wildman–Crippen LogP) is 0.886. The third-order valence-corrected chi connectivity index (χ3v) is 3.92. The zero-order chi connectivity index (χ0) is 12.1. The summed E-state index contributed by atoms with van der Waals surface area (Å²) in [5.41, 5.74) is -0.0332. The highest BCUT2D eigenvalue weighted by Crippen LogP contribution is 2.34. The topological polar surface area (TPSA) is 41.9 Å². The molecule has 2 rings (SSSR count). The molecule has 1 atom stereocenters. The molecule has 1 saturated heterocycles. The summed E-state index contributed by atoms with van der Waals surface area (Å²) in [5.74, 6) is 0. The van der Waals surface area contributed by atoms with E-state index >= 15 is 0 Å². The average Bonchev–Trinajstić information content (AvgIpc) is 3.20. The third-order valence-electron chi connectivity index (χ3n) is 3.92. The monoisotopic (exact) mass is 243 g/mol. The van der Waals surface area contributed by atoms with Gasteiger partial charge in [-0.3, -0.25) is 4.90 Å². The number of nitrogens with zero attached hydrogens (tertiary/aromatic N) is 1. The first kappa shape index (κ1) is 13.3. The number of ether oxygens (including phenoxy) is 2. The van der Waals surface area contributed by atoms with Gasteiger partial charge in [-0.15, -0.1) is 0 Å². The minimum Gasteiger partial charge on any atom is -0.396 e. The predicted molar refractivity (Wildman–Crippen MR) is 66.0 cm³/mol. The fourth-order valence-corrected chi connectivity index (χ4v) is 2.68. The number of methoxy groups -OCH3 is 1. The normalized spacial score (nSPS) is 29.8. The summed E-state index contributed by atoms with van der Waals surface area (Å²) >= 11 is 0. The van der Waals surface area contributed by atoms with E-state index in [1.165, 1.54) is 12.8 Å². The Bertz CT molecular complexity index is 225. The molecule has 0 bridgehead atoms. The van der Waals surface area contributed by atoms with Gasteiger partial charge in [0.1, 0.15) is 0 Å². The van der Waals surface area contributed by atoms with Gasteiger partial charge in [-0.05, 0) is 25.7 Å². The highest BCUT2D eigenvalue weighted by atomic mass is 16.5. The van der Waals surface area contributed by atoms with Gasteiger partial charge in [0, 0.05) is 38.3 Å². The molecule has 1 saturated carbocycles. The summed E-state index contributed by atoms with van der Waals surface area (Å²) in [6.45, 7) is 4.51. The van der Waals surface area contributed by atoms with Crippen molar-refractivity contribution in [3.63, 3.8) is 0 Å². The molecule has 1 aliphatic carbocycles. The Kier molecular flexibility index (Phi) is 4.79. The van der Waals surface area contributed by atoms with Gasteiger partial charge in [-0.2, -0.15) is 0 Å². The van der Waals surface area contributed by atoms with Gasteiger partial charge in [0.25, 0.3) is 0 Å². The first-order valence-electron chi connectivity index (χ1n) is 6.71. The molecule has 17 heavy (non-hydrogen) atoms. The van der Waals surface area contributed by atoms with E-state index in [9.17, 15) is 5.11 Å². The molecule has 0 spiro atoms. The zero-order valence-corrected chi connectivity index (χ0v) is 10.9. The molecule has 0 aromatic heterocycles. The summed E-state index contributed by atoms with van der Waals surface area (Å²) in [6, 6.07) is 0.718. The lowest BCUT2D eigenvalue weighted by Crippen LogP contribution is -2.47. The fraction of sp³-hybridized carbons (Fsp3) is 1.00. The SMILES string of the molecule is COCCN(CC1(CO)CCCOC1)C1CC1. The molecule has 0 amide bonds. The smallest absolute Gasteiger partial charge is 0.0589 e. The number of hydrogen-bond donors (Lipinski definition) is 1. The standard InChI is InChI=1S/C13H25NO3/c1-16-8-6-14(12-3-4-12)9-13(10-15)5-2-7-17-11-13/h12,15H,2-11H2,1H3. The van der Waals surface area contributed by atoms with Crippen LogP contribution in [0.2, 0.25) is 0 Å². The minimum absolute atomic E-state index is 0.0332. The van der Waals surface area contributed by atoms with Gasteiger partial charge >= 0.3 is 0 Å². The highest BCUT2D eigenvalue weighted by molar-refractivity contribution is 4.91. The van der Waals surface area contributed by atoms with Crippen molar-refractivity contribution < 1.29 is 14.6 Å². The number of rotatable bonds is 7. The Morgan fingerprint density at radius 1 is 1.47 bits per heavy atom. The van der Waals surface area contributed by atoms with Crippen LogP contribution in [0.15, 0.2) is 0 Å². The zero-order valence-electron chi connectivity index (χ0n) is 10.9. The molecule has 1 N–H and O–H groups in total. The maximum atomic E-state index is 9.68. The van der Waals surface area contributed by atoms with Crippen LogP contribution >= 0.6 is 0 Å². The second kappa shape index (κ2) is 6.14. The van der Waals surface area contributed by atoms with Crippen LogP contribution in [0.5, 0.6) is 0 Å². The molecule has 0 aromatic rings. The molecule has 1 unspecified atom stereocenters. The average molecular weight is 243 g/mol. The first-order chi connectivity index (χ1) is 8.29. The lowest BCUT2D eigenvalue weighted by Gasteiger charge is -2.39. The van der Waals surface area contributed by atoms with Crippen molar-refractivity contribution in [1.29, 1.82) is 0 Å². The Morgan fingerprint density at radius 3 is 2.82 bits per heavy atom. The van der Waals surface area contributed by atoms with Crippen LogP contribution in [-0.4, -0.2) is 62.7 Å². The van der Waals surface area contributed by atoms with E-state index in [0.717, 1.165) is 45.2 Å². The lowest BCUT2D eigenvalue weighted by atomic mass is 9.82. The van der Waals surface area contributed by atoms with Crippen LogP contribution in [0.3, 0.4) is 0 Å². The quantitative estimate of drug-likeness (QED) is 0.721. The van der Waals surface area contributed by atoms with Crippen LogP contribution in [0.1, 0.15) is 25.7 Å². The Labute approximate surface area is 104 Å². The first-order valence-corrected chi connectivity index (χ1v) is 6.71. The van der Waals surface area contributed by atoms with Crippen LogP contribution in [-0.2, 0) is 9.47 Å². The van der Waals surface area contributed by atoms with Gasteiger partial charge in [0.2, 0.25) is 0 Å². The van der Waals surface area contributed by atoms with Crippen molar-refractivity contribution in [2.75, 3.05) is 46.6 Å².